The van der Waals surface area contributed by atoms with E-state index in [1.54, 1.807) is 34.6 Å². The Hall–Kier alpha value is -2.36. The Labute approximate surface area is 190 Å². The minimum atomic E-state index is -4.16. The fourth-order valence-corrected chi connectivity index (χ4v) is 6.52. The van der Waals surface area contributed by atoms with Crippen molar-refractivity contribution in [2.75, 3.05) is 4.72 Å². The summed E-state index contributed by atoms with van der Waals surface area (Å²) in [6.45, 7) is 10.4. The Morgan fingerprint density at radius 3 is 2.39 bits per heavy atom. The molecular weight excluding hydrogens is 460 g/mol. The highest BCUT2D eigenvalue weighted by molar-refractivity contribution is 7.93. The number of hydrogen-bond donors (Lipinski definition) is 2. The molecule has 0 fully saturated rings. The molecule has 7 nitrogen and oxygen atoms in total. The van der Waals surface area contributed by atoms with Gasteiger partial charge < -0.3 is 9.63 Å². The summed E-state index contributed by atoms with van der Waals surface area (Å²) < 4.78 is 33.6. The number of phenolic OH excluding ortho intramolecular Hbond substituents is 1. The fraction of sp³-hybridized carbons (Fsp3) is 0.333. The molecule has 0 aliphatic heterocycles. The Morgan fingerprint density at radius 1 is 1.16 bits per heavy atom. The average Bonchev–Trinajstić information content (AvgIpc) is 3.17. The molecule has 0 aliphatic carbocycles. The van der Waals surface area contributed by atoms with Gasteiger partial charge in [-0.1, -0.05) is 22.8 Å². The number of phenols is 1. The van der Waals surface area contributed by atoms with Gasteiger partial charge in [-0.25, -0.2) is 13.1 Å². The van der Waals surface area contributed by atoms with Crippen LogP contribution in [0, 0.1) is 41.5 Å². The smallest absolute Gasteiger partial charge is 0.266 e. The SMILES string of the molecule is Cc1cc(C)c(CC(=O)c2sc(C)c(C)c2S(=O)(=O)Nc2onc(C)c2Cl)c(C)c1O. The van der Waals surface area contributed by atoms with E-state index in [9.17, 15) is 18.3 Å². The molecule has 3 rings (SSSR count). The second-order valence-electron chi connectivity index (χ2n) is 7.52. The molecule has 2 heterocycles. The summed E-state index contributed by atoms with van der Waals surface area (Å²) in [6.07, 6.45) is -0.0322. The quantitative estimate of drug-likeness (QED) is 0.469. The fourth-order valence-electron chi connectivity index (χ4n) is 3.44. The van der Waals surface area contributed by atoms with E-state index in [1.165, 1.54) is 0 Å². The minimum absolute atomic E-state index is 0.0322. The molecule has 2 aromatic heterocycles. The Bertz CT molecular complexity index is 1310. The van der Waals surface area contributed by atoms with E-state index in [0.717, 1.165) is 22.5 Å². The van der Waals surface area contributed by atoms with Crippen LogP contribution in [-0.2, 0) is 16.4 Å². The minimum Gasteiger partial charge on any atom is -0.507 e. The molecule has 1 aromatic carbocycles. The van der Waals surface area contributed by atoms with E-state index in [-0.39, 0.29) is 38.6 Å². The highest BCUT2D eigenvalue weighted by Gasteiger charge is 2.31. The topological polar surface area (TPSA) is 110 Å². The molecule has 0 amide bonds. The van der Waals surface area contributed by atoms with Crippen LogP contribution in [0.2, 0.25) is 5.02 Å². The standard InChI is InChI=1S/C21H23ClN2O5S2/c1-9-7-10(2)18(26)12(4)15(9)8-16(25)19-20(11(3)14(6)30-19)31(27,28)24-21-17(22)13(5)23-29-21/h7,24,26H,8H2,1-6H3. The molecule has 0 radical (unpaired) electrons. The zero-order chi connectivity index (χ0) is 23.2. The highest BCUT2D eigenvalue weighted by atomic mass is 35.5. The van der Waals surface area contributed by atoms with Crippen molar-refractivity contribution in [3.8, 4) is 5.75 Å². The number of nitrogens with zero attached hydrogens (tertiary/aromatic N) is 1. The molecule has 0 aliphatic rings. The number of benzene rings is 1. The highest BCUT2D eigenvalue weighted by Crippen LogP contribution is 2.36. The van der Waals surface area contributed by atoms with Crippen molar-refractivity contribution >= 4 is 44.6 Å². The van der Waals surface area contributed by atoms with Crippen LogP contribution in [0.25, 0.3) is 0 Å². The zero-order valence-corrected chi connectivity index (χ0v) is 20.4. The first-order chi connectivity index (χ1) is 14.3. The van der Waals surface area contributed by atoms with Gasteiger partial charge in [0.05, 0.1) is 4.88 Å². The van der Waals surface area contributed by atoms with Crippen molar-refractivity contribution in [1.82, 2.24) is 5.16 Å². The van der Waals surface area contributed by atoms with E-state index in [0.29, 0.717) is 27.3 Å². The molecule has 0 saturated carbocycles. The lowest BCUT2D eigenvalue weighted by molar-refractivity contribution is 0.0993. The molecule has 31 heavy (non-hydrogen) atoms. The number of anilines is 1. The van der Waals surface area contributed by atoms with Gasteiger partial charge in [0.15, 0.2) is 5.78 Å². The van der Waals surface area contributed by atoms with Crippen LogP contribution in [-0.4, -0.2) is 24.5 Å². The summed E-state index contributed by atoms with van der Waals surface area (Å²) in [4.78, 5) is 14.0. The van der Waals surface area contributed by atoms with Gasteiger partial charge in [0, 0.05) is 11.3 Å². The molecule has 3 aromatic rings. The summed E-state index contributed by atoms with van der Waals surface area (Å²) in [7, 11) is -4.16. The number of aryl methyl sites for hydroxylation is 4. The van der Waals surface area contributed by atoms with Gasteiger partial charge in [-0.05, 0) is 69.4 Å². The number of Topliss-reactive ketones (excluding diaryl/α,β-unsaturated/α-hetero) is 1. The lowest BCUT2D eigenvalue weighted by atomic mass is 9.94. The van der Waals surface area contributed by atoms with Crippen LogP contribution in [0.15, 0.2) is 15.5 Å². The number of aromatic nitrogens is 1. The molecule has 0 atom stereocenters. The van der Waals surface area contributed by atoms with Crippen molar-refractivity contribution in [2.24, 2.45) is 0 Å². The molecule has 2 N–H and O–H groups in total. The third-order valence-electron chi connectivity index (χ3n) is 5.30. The lowest BCUT2D eigenvalue weighted by Gasteiger charge is -2.14. The van der Waals surface area contributed by atoms with Crippen LogP contribution in [0.3, 0.4) is 0 Å². The van der Waals surface area contributed by atoms with E-state index in [4.69, 9.17) is 16.1 Å². The molecule has 0 spiro atoms. The predicted molar refractivity (Wildman–Crippen MR) is 121 cm³/mol. The Kier molecular flexibility index (Phi) is 6.23. The number of rotatable bonds is 6. The van der Waals surface area contributed by atoms with Crippen molar-refractivity contribution in [3.05, 3.63) is 54.4 Å². The van der Waals surface area contributed by atoms with E-state index < -0.39 is 10.0 Å². The van der Waals surface area contributed by atoms with Gasteiger partial charge in [-0.15, -0.1) is 11.3 Å². The van der Waals surface area contributed by atoms with Crippen molar-refractivity contribution < 1.29 is 22.8 Å². The molecule has 166 valence electrons. The molecular formula is C21H23ClN2O5S2. The van der Waals surface area contributed by atoms with E-state index in [1.807, 2.05) is 13.0 Å². The molecule has 0 bridgehead atoms. The number of carbonyl (C=O) groups excluding carboxylic acids is 1. The second kappa shape index (κ2) is 8.29. The summed E-state index contributed by atoms with van der Waals surface area (Å²) in [5.74, 6) is -0.413. The number of nitrogens with one attached hydrogen (secondary N) is 1. The Morgan fingerprint density at radius 2 is 1.81 bits per heavy atom. The lowest BCUT2D eigenvalue weighted by Crippen LogP contribution is -2.17. The number of thiophene rings is 1. The monoisotopic (exact) mass is 482 g/mol. The van der Waals surface area contributed by atoms with Gasteiger partial charge >= 0.3 is 0 Å². The summed E-state index contributed by atoms with van der Waals surface area (Å²) in [5.41, 5.74) is 3.70. The first-order valence-electron chi connectivity index (χ1n) is 9.41. The van der Waals surface area contributed by atoms with Crippen LogP contribution in [0.4, 0.5) is 5.88 Å². The van der Waals surface area contributed by atoms with Gasteiger partial charge in [-0.3, -0.25) is 4.79 Å². The Balaban J connectivity index is 2.05. The average molecular weight is 483 g/mol. The summed E-state index contributed by atoms with van der Waals surface area (Å²) in [6, 6.07) is 1.81. The van der Waals surface area contributed by atoms with Crippen LogP contribution >= 0.6 is 22.9 Å². The van der Waals surface area contributed by atoms with E-state index >= 15 is 0 Å². The number of sulfonamides is 1. The number of aromatic hydroxyl groups is 1. The van der Waals surface area contributed by atoms with Gasteiger partial charge in [-0.2, -0.15) is 0 Å². The summed E-state index contributed by atoms with van der Waals surface area (Å²) >= 11 is 7.17. The third kappa shape index (κ3) is 4.22. The van der Waals surface area contributed by atoms with Crippen molar-refractivity contribution in [3.63, 3.8) is 0 Å². The number of ketones is 1. The van der Waals surface area contributed by atoms with Crippen molar-refractivity contribution in [1.29, 1.82) is 0 Å². The van der Waals surface area contributed by atoms with Crippen LogP contribution in [0.1, 0.15) is 48.1 Å². The van der Waals surface area contributed by atoms with Crippen molar-refractivity contribution in [2.45, 2.75) is 52.9 Å². The first kappa shape index (κ1) is 23.3. The van der Waals surface area contributed by atoms with Gasteiger partial charge in [0.25, 0.3) is 15.9 Å². The number of carbonyl (C=O) groups is 1. The second-order valence-corrected chi connectivity index (χ2v) is 10.7. The normalized spacial score (nSPS) is 11.7. The molecule has 0 unspecified atom stereocenters. The summed E-state index contributed by atoms with van der Waals surface area (Å²) in [5, 5.41) is 14.0. The van der Waals surface area contributed by atoms with Crippen LogP contribution < -0.4 is 4.72 Å². The van der Waals surface area contributed by atoms with Crippen LogP contribution in [0.5, 0.6) is 5.75 Å². The third-order valence-corrected chi connectivity index (χ3v) is 8.62. The predicted octanol–water partition coefficient (Wildman–Crippen LogP) is 5.17. The number of halogens is 1. The largest absolute Gasteiger partial charge is 0.507 e. The van der Waals surface area contributed by atoms with Gasteiger partial charge in [0.2, 0.25) is 0 Å². The maximum absolute atomic E-state index is 13.2. The number of hydrogen-bond acceptors (Lipinski definition) is 7. The first-order valence-corrected chi connectivity index (χ1v) is 12.1. The maximum Gasteiger partial charge on any atom is 0.266 e. The van der Waals surface area contributed by atoms with Gasteiger partial charge in [0.1, 0.15) is 21.4 Å². The van der Waals surface area contributed by atoms with E-state index in [2.05, 4.69) is 9.88 Å². The zero-order valence-electron chi connectivity index (χ0n) is 18.0. The maximum atomic E-state index is 13.2. The molecule has 0 saturated heterocycles. The molecule has 10 heteroatoms.